The summed E-state index contributed by atoms with van der Waals surface area (Å²) in [5, 5.41) is 0. The van der Waals surface area contributed by atoms with E-state index in [2.05, 4.69) is 6.92 Å². The van der Waals surface area contributed by atoms with E-state index in [9.17, 15) is 13.6 Å². The molecular weight excluding hydrogens is 262 g/mol. The van der Waals surface area contributed by atoms with Crippen molar-refractivity contribution in [1.82, 2.24) is 0 Å². The van der Waals surface area contributed by atoms with Crippen LogP contribution in [0.4, 0.5) is 8.78 Å². The topological polar surface area (TPSA) is 26.3 Å². The molecule has 0 N–H and O–H groups in total. The van der Waals surface area contributed by atoms with E-state index in [1.165, 1.54) is 24.6 Å². The molecule has 20 heavy (non-hydrogen) atoms. The maximum atomic E-state index is 13.0. The molecule has 1 aliphatic rings. The minimum Gasteiger partial charge on any atom is -0.459 e. The fraction of sp³-hybridized carbons (Fsp3) is 0.438. The lowest BCUT2D eigenvalue weighted by Crippen LogP contribution is -2.23. The van der Waals surface area contributed by atoms with Crippen LogP contribution in [0.15, 0.2) is 24.3 Å². The highest BCUT2D eigenvalue weighted by Crippen LogP contribution is 2.25. The van der Waals surface area contributed by atoms with Gasteiger partial charge in [0, 0.05) is 6.08 Å². The molecule has 1 saturated carbocycles. The molecule has 1 fully saturated rings. The van der Waals surface area contributed by atoms with Crippen molar-refractivity contribution in [2.75, 3.05) is 0 Å². The maximum absolute atomic E-state index is 13.0. The number of benzene rings is 1. The van der Waals surface area contributed by atoms with E-state index in [0.717, 1.165) is 31.4 Å². The molecule has 1 aromatic carbocycles. The number of halogens is 2. The van der Waals surface area contributed by atoms with Crippen molar-refractivity contribution in [2.45, 2.75) is 38.7 Å². The Kier molecular flexibility index (Phi) is 4.88. The van der Waals surface area contributed by atoms with Crippen molar-refractivity contribution in [2.24, 2.45) is 5.92 Å². The summed E-state index contributed by atoms with van der Waals surface area (Å²) in [6, 6.07) is 3.48. The van der Waals surface area contributed by atoms with E-state index in [-0.39, 0.29) is 6.10 Å². The van der Waals surface area contributed by atoms with Crippen LogP contribution in [0.5, 0.6) is 0 Å². The van der Waals surface area contributed by atoms with Crippen molar-refractivity contribution >= 4 is 12.0 Å². The number of hydrogen-bond donors (Lipinski definition) is 0. The highest BCUT2D eigenvalue weighted by molar-refractivity contribution is 5.87. The van der Waals surface area contributed by atoms with Gasteiger partial charge in [-0.2, -0.15) is 0 Å². The van der Waals surface area contributed by atoms with E-state index >= 15 is 0 Å². The summed E-state index contributed by atoms with van der Waals surface area (Å²) in [5.74, 6) is -1.69. The van der Waals surface area contributed by atoms with Crippen LogP contribution in [-0.4, -0.2) is 12.1 Å². The predicted molar refractivity (Wildman–Crippen MR) is 72.9 cm³/mol. The molecule has 108 valence electrons. The normalized spacial score (nSPS) is 22.9. The minimum atomic E-state index is -0.929. The Bertz CT molecular complexity index is 511. The third kappa shape index (κ3) is 4.15. The first-order chi connectivity index (χ1) is 9.54. The van der Waals surface area contributed by atoms with Gasteiger partial charge in [-0.05, 0) is 49.0 Å². The lowest BCUT2D eigenvalue weighted by molar-refractivity contribution is -0.144. The van der Waals surface area contributed by atoms with Gasteiger partial charge in [-0.1, -0.05) is 19.4 Å². The molecule has 0 bridgehead atoms. The lowest BCUT2D eigenvalue weighted by Gasteiger charge is -2.25. The zero-order valence-electron chi connectivity index (χ0n) is 11.4. The summed E-state index contributed by atoms with van der Waals surface area (Å²) >= 11 is 0. The van der Waals surface area contributed by atoms with Gasteiger partial charge in [0.15, 0.2) is 11.6 Å². The fourth-order valence-electron chi connectivity index (χ4n) is 2.47. The van der Waals surface area contributed by atoms with Crippen LogP contribution in [0.2, 0.25) is 0 Å². The Hall–Kier alpha value is -1.71. The van der Waals surface area contributed by atoms with Gasteiger partial charge in [0.1, 0.15) is 6.10 Å². The number of hydrogen-bond acceptors (Lipinski definition) is 2. The standard InChI is InChI=1S/C16H18F2O2/c1-11-3-2-4-13(9-11)20-16(19)8-6-12-5-7-14(17)15(18)10-12/h5-8,10-11,13H,2-4,9H2,1H3/b8-6+. The van der Waals surface area contributed by atoms with Crippen LogP contribution >= 0.6 is 0 Å². The Morgan fingerprint density at radius 1 is 1.30 bits per heavy atom. The number of rotatable bonds is 3. The second-order valence-electron chi connectivity index (χ2n) is 5.34. The minimum absolute atomic E-state index is 0.0270. The van der Waals surface area contributed by atoms with Gasteiger partial charge in [0.2, 0.25) is 0 Å². The molecule has 2 atom stereocenters. The fourth-order valence-corrected chi connectivity index (χ4v) is 2.47. The third-order valence-electron chi connectivity index (χ3n) is 3.53. The molecule has 0 heterocycles. The summed E-state index contributed by atoms with van der Waals surface area (Å²) in [4.78, 5) is 11.7. The quantitative estimate of drug-likeness (QED) is 0.615. The molecule has 0 radical (unpaired) electrons. The molecule has 4 heteroatoms. The Labute approximate surface area is 117 Å². The largest absolute Gasteiger partial charge is 0.459 e. The molecule has 0 saturated heterocycles. The highest BCUT2D eigenvalue weighted by Gasteiger charge is 2.21. The van der Waals surface area contributed by atoms with Crippen LogP contribution in [0.3, 0.4) is 0 Å². The molecule has 1 aromatic rings. The second-order valence-corrected chi connectivity index (χ2v) is 5.34. The van der Waals surface area contributed by atoms with Gasteiger partial charge in [0.05, 0.1) is 0 Å². The summed E-state index contributed by atoms with van der Waals surface area (Å²) in [5.41, 5.74) is 0.429. The Morgan fingerprint density at radius 2 is 2.10 bits per heavy atom. The van der Waals surface area contributed by atoms with E-state index in [4.69, 9.17) is 4.74 Å². The Morgan fingerprint density at radius 3 is 2.80 bits per heavy atom. The molecule has 0 aliphatic heterocycles. The van der Waals surface area contributed by atoms with Crippen molar-refractivity contribution in [3.63, 3.8) is 0 Å². The molecule has 0 amide bonds. The summed E-state index contributed by atoms with van der Waals surface area (Å²) in [6.07, 6.45) is 6.70. The van der Waals surface area contributed by atoms with Crippen molar-refractivity contribution < 1.29 is 18.3 Å². The highest BCUT2D eigenvalue weighted by atomic mass is 19.2. The Balaban J connectivity index is 1.90. The van der Waals surface area contributed by atoms with Crippen LogP contribution in [0.25, 0.3) is 6.08 Å². The molecule has 2 unspecified atom stereocenters. The first-order valence-corrected chi connectivity index (χ1v) is 6.88. The predicted octanol–water partition coefficient (Wildman–Crippen LogP) is 4.10. The molecule has 0 aromatic heterocycles. The van der Waals surface area contributed by atoms with Crippen molar-refractivity contribution in [3.8, 4) is 0 Å². The molecular formula is C16H18F2O2. The van der Waals surface area contributed by atoms with E-state index in [1.807, 2.05) is 0 Å². The monoisotopic (exact) mass is 280 g/mol. The van der Waals surface area contributed by atoms with Crippen LogP contribution in [0, 0.1) is 17.6 Å². The molecule has 1 aliphatic carbocycles. The molecule has 2 nitrogen and oxygen atoms in total. The van der Waals surface area contributed by atoms with Gasteiger partial charge in [-0.15, -0.1) is 0 Å². The first-order valence-electron chi connectivity index (χ1n) is 6.88. The molecule has 2 rings (SSSR count). The number of esters is 1. The molecule has 0 spiro atoms. The van der Waals surface area contributed by atoms with Gasteiger partial charge < -0.3 is 4.74 Å². The van der Waals surface area contributed by atoms with Crippen molar-refractivity contribution in [1.29, 1.82) is 0 Å². The van der Waals surface area contributed by atoms with Crippen LogP contribution < -0.4 is 0 Å². The van der Waals surface area contributed by atoms with Gasteiger partial charge in [0.25, 0.3) is 0 Å². The van der Waals surface area contributed by atoms with Crippen molar-refractivity contribution in [3.05, 3.63) is 41.5 Å². The number of ether oxygens (including phenoxy) is 1. The lowest BCUT2D eigenvalue weighted by atomic mass is 9.89. The first kappa shape index (κ1) is 14.7. The summed E-state index contributed by atoms with van der Waals surface area (Å²) < 4.78 is 31.1. The smallest absolute Gasteiger partial charge is 0.331 e. The summed E-state index contributed by atoms with van der Waals surface area (Å²) in [7, 11) is 0. The second kappa shape index (κ2) is 6.64. The van der Waals surface area contributed by atoms with E-state index in [0.29, 0.717) is 11.5 Å². The average Bonchev–Trinajstić information content (AvgIpc) is 2.40. The third-order valence-corrected chi connectivity index (χ3v) is 3.53. The summed E-state index contributed by atoms with van der Waals surface area (Å²) in [6.45, 7) is 2.15. The van der Waals surface area contributed by atoms with E-state index in [1.54, 1.807) is 0 Å². The van der Waals surface area contributed by atoms with E-state index < -0.39 is 17.6 Å². The van der Waals surface area contributed by atoms with Gasteiger partial charge >= 0.3 is 5.97 Å². The zero-order valence-corrected chi connectivity index (χ0v) is 11.4. The zero-order chi connectivity index (χ0) is 14.5. The van der Waals surface area contributed by atoms with Crippen LogP contribution in [-0.2, 0) is 9.53 Å². The number of carbonyl (C=O) groups is 1. The maximum Gasteiger partial charge on any atom is 0.331 e. The van der Waals surface area contributed by atoms with Gasteiger partial charge in [-0.3, -0.25) is 0 Å². The average molecular weight is 280 g/mol. The number of carbonyl (C=O) groups excluding carboxylic acids is 1. The van der Waals surface area contributed by atoms with Gasteiger partial charge in [-0.25, -0.2) is 13.6 Å². The van der Waals surface area contributed by atoms with Crippen LogP contribution in [0.1, 0.15) is 38.2 Å². The SMILES string of the molecule is CC1CCCC(OC(=O)/C=C/c2ccc(F)c(F)c2)C1.